The number of nitrogens with zero attached hydrogens (tertiary/aromatic N) is 1. The first kappa shape index (κ1) is 49.2. The highest BCUT2D eigenvalue weighted by atomic mass is 32.2. The molecule has 50 heavy (non-hydrogen) atoms. The first-order valence-corrected chi connectivity index (χ1v) is 23.0. The van der Waals surface area contributed by atoms with Crippen LogP contribution in [0.4, 0.5) is 0 Å². The summed E-state index contributed by atoms with van der Waals surface area (Å²) in [5.74, 6) is 2.00. The van der Waals surface area contributed by atoms with Gasteiger partial charge in [0, 0.05) is 18.7 Å². The molecule has 0 aromatic carbocycles. The van der Waals surface area contributed by atoms with E-state index in [1.807, 2.05) is 11.8 Å². The maximum atomic E-state index is 12.7. The van der Waals surface area contributed by atoms with Crippen molar-refractivity contribution >= 4 is 23.7 Å². The van der Waals surface area contributed by atoms with Gasteiger partial charge in [-0.25, -0.2) is 0 Å². The third-order valence-electron chi connectivity index (χ3n) is 9.80. The normalized spacial score (nSPS) is 11.6. The molecule has 0 radical (unpaired) electrons. The second-order valence-electron chi connectivity index (χ2n) is 14.7. The van der Waals surface area contributed by atoms with Gasteiger partial charge in [-0.15, -0.1) is 0 Å². The van der Waals surface area contributed by atoms with Gasteiger partial charge < -0.3 is 19.5 Å². The van der Waals surface area contributed by atoms with Crippen LogP contribution in [0.2, 0.25) is 0 Å². The van der Waals surface area contributed by atoms with E-state index in [0.717, 1.165) is 88.9 Å². The van der Waals surface area contributed by atoms with Crippen molar-refractivity contribution in [1.82, 2.24) is 4.90 Å². The number of hydrogen-bond donors (Lipinski definition) is 1. The summed E-state index contributed by atoms with van der Waals surface area (Å²) in [5, 5.41) is 9.53. The Hall–Kier alpha value is -0.790. The number of unbranched alkanes of at least 4 members (excludes halogenated alkanes) is 21. The zero-order valence-corrected chi connectivity index (χ0v) is 34.5. The predicted molar refractivity (Wildman–Crippen MR) is 217 cm³/mol. The number of thioether (sulfide) groups is 1. The second kappa shape index (κ2) is 41.0. The molecule has 0 aliphatic heterocycles. The van der Waals surface area contributed by atoms with Crippen molar-refractivity contribution in [2.24, 2.45) is 0 Å². The van der Waals surface area contributed by atoms with E-state index in [1.54, 1.807) is 0 Å². The number of esters is 2. The molecule has 0 amide bonds. The van der Waals surface area contributed by atoms with Crippen LogP contribution in [-0.4, -0.2) is 72.4 Å². The van der Waals surface area contributed by atoms with Crippen molar-refractivity contribution in [3.05, 3.63) is 0 Å². The van der Waals surface area contributed by atoms with E-state index in [-0.39, 0.29) is 24.6 Å². The van der Waals surface area contributed by atoms with Crippen LogP contribution >= 0.6 is 11.8 Å². The Balaban J connectivity index is 3.93. The Labute approximate surface area is 315 Å². The van der Waals surface area contributed by atoms with Gasteiger partial charge in [-0.2, -0.15) is 11.8 Å². The Morgan fingerprint density at radius 3 is 1.56 bits per heavy atom. The number of carbonyl (C=O) groups excluding carboxylic acids is 2. The molecule has 0 bridgehead atoms. The maximum Gasteiger partial charge on any atom is 0.306 e. The lowest BCUT2D eigenvalue weighted by molar-refractivity contribution is -0.150. The molecule has 0 spiro atoms. The fourth-order valence-electron chi connectivity index (χ4n) is 6.54. The summed E-state index contributed by atoms with van der Waals surface area (Å²) in [7, 11) is 0. The van der Waals surface area contributed by atoms with Crippen molar-refractivity contribution in [2.75, 3.05) is 44.4 Å². The predicted octanol–water partition coefficient (Wildman–Crippen LogP) is 12.2. The fraction of sp³-hybridized carbons (Fsp3) is 0.953. The number of rotatable bonds is 41. The van der Waals surface area contributed by atoms with E-state index in [9.17, 15) is 14.7 Å². The van der Waals surface area contributed by atoms with Gasteiger partial charge in [0.15, 0.2) is 0 Å². The molecule has 0 fully saturated rings. The molecule has 0 atom stereocenters. The zero-order chi connectivity index (χ0) is 36.6. The lowest BCUT2D eigenvalue weighted by atomic mass is 10.0. The van der Waals surface area contributed by atoms with Crippen LogP contribution in [0.25, 0.3) is 0 Å². The van der Waals surface area contributed by atoms with Crippen LogP contribution in [-0.2, 0) is 19.1 Å². The van der Waals surface area contributed by atoms with Crippen molar-refractivity contribution in [1.29, 1.82) is 0 Å². The van der Waals surface area contributed by atoms with Crippen LogP contribution < -0.4 is 0 Å². The van der Waals surface area contributed by atoms with Gasteiger partial charge >= 0.3 is 11.9 Å². The number of carbonyl (C=O) groups is 2. The summed E-state index contributed by atoms with van der Waals surface area (Å²) >= 11 is 1.87. The minimum atomic E-state index is -0.0467. The van der Waals surface area contributed by atoms with Crippen molar-refractivity contribution in [2.45, 2.75) is 219 Å². The van der Waals surface area contributed by atoms with Gasteiger partial charge in [0.05, 0.1) is 19.6 Å². The molecule has 0 aliphatic rings. The van der Waals surface area contributed by atoms with Gasteiger partial charge in [0.2, 0.25) is 0 Å². The van der Waals surface area contributed by atoms with E-state index >= 15 is 0 Å². The van der Waals surface area contributed by atoms with Gasteiger partial charge in [-0.3, -0.25) is 9.59 Å². The summed E-state index contributed by atoms with van der Waals surface area (Å²) < 4.78 is 11.4. The lowest BCUT2D eigenvalue weighted by Gasteiger charge is -2.21. The maximum absolute atomic E-state index is 12.7. The standard InChI is InChI=1S/C43H85NO5S/c1-4-7-10-13-17-23-30-41(31-24-18-14-11-8-5-2)49-43(47)32-25-19-15-20-26-34-44(36-37-45)35-27-21-16-22-28-38-48-42(46)33-40-50-39-29-12-9-6-3/h41,45H,4-40H2,1-3H3. The topological polar surface area (TPSA) is 76.1 Å². The van der Waals surface area contributed by atoms with E-state index < -0.39 is 0 Å². The van der Waals surface area contributed by atoms with E-state index in [0.29, 0.717) is 19.4 Å². The molecular formula is C43H85NO5S. The number of hydrogen-bond acceptors (Lipinski definition) is 7. The van der Waals surface area contributed by atoms with Crippen molar-refractivity contribution < 1.29 is 24.2 Å². The van der Waals surface area contributed by atoms with Crippen LogP contribution in [0.1, 0.15) is 213 Å². The van der Waals surface area contributed by atoms with Crippen LogP contribution in [0.5, 0.6) is 0 Å². The monoisotopic (exact) mass is 728 g/mol. The number of ether oxygens (including phenoxy) is 2. The number of aliphatic hydroxyl groups excluding tert-OH is 1. The van der Waals surface area contributed by atoms with Gasteiger partial charge in [0.1, 0.15) is 6.10 Å². The van der Waals surface area contributed by atoms with Gasteiger partial charge in [-0.05, 0) is 76.6 Å². The quantitative estimate of drug-likeness (QED) is 0.0496. The Bertz CT molecular complexity index is 693. The van der Waals surface area contributed by atoms with E-state index in [1.165, 1.54) is 122 Å². The third-order valence-corrected chi connectivity index (χ3v) is 10.9. The SMILES string of the molecule is CCCCCCCCC(CCCCCCCC)OC(=O)CCCCCCCN(CCO)CCCCCCCOC(=O)CCSCCCCCC. The van der Waals surface area contributed by atoms with Gasteiger partial charge in [0.25, 0.3) is 0 Å². The average molecular weight is 728 g/mol. The average Bonchev–Trinajstić information content (AvgIpc) is 3.11. The molecule has 1 N–H and O–H groups in total. The number of aliphatic hydroxyl groups is 1. The molecule has 298 valence electrons. The Morgan fingerprint density at radius 2 is 1.00 bits per heavy atom. The van der Waals surface area contributed by atoms with Crippen LogP contribution in [0.3, 0.4) is 0 Å². The fourth-order valence-corrected chi connectivity index (χ4v) is 7.46. The summed E-state index contributed by atoms with van der Waals surface area (Å²) in [5.41, 5.74) is 0. The van der Waals surface area contributed by atoms with Gasteiger partial charge in [-0.1, -0.05) is 143 Å². The minimum absolute atomic E-state index is 0.0140. The summed E-state index contributed by atoms with van der Waals surface area (Å²) in [6.07, 6.45) is 34.8. The van der Waals surface area contributed by atoms with Crippen molar-refractivity contribution in [3.8, 4) is 0 Å². The molecule has 0 heterocycles. The van der Waals surface area contributed by atoms with E-state index in [2.05, 4.69) is 25.7 Å². The summed E-state index contributed by atoms with van der Waals surface area (Å²) in [6, 6.07) is 0. The molecule has 0 aromatic heterocycles. The summed E-state index contributed by atoms with van der Waals surface area (Å²) in [6.45, 7) is 10.3. The highest BCUT2D eigenvalue weighted by Crippen LogP contribution is 2.18. The molecule has 6 nitrogen and oxygen atoms in total. The summed E-state index contributed by atoms with van der Waals surface area (Å²) in [4.78, 5) is 27.0. The molecular weight excluding hydrogens is 643 g/mol. The molecule has 0 aliphatic carbocycles. The zero-order valence-electron chi connectivity index (χ0n) is 33.7. The molecule has 7 heteroatoms. The highest BCUT2D eigenvalue weighted by Gasteiger charge is 2.14. The van der Waals surface area contributed by atoms with Crippen LogP contribution in [0, 0.1) is 0 Å². The molecule has 0 unspecified atom stereocenters. The second-order valence-corrected chi connectivity index (χ2v) is 15.9. The molecule has 0 saturated heterocycles. The highest BCUT2D eigenvalue weighted by molar-refractivity contribution is 7.99. The van der Waals surface area contributed by atoms with Crippen molar-refractivity contribution in [3.63, 3.8) is 0 Å². The van der Waals surface area contributed by atoms with Crippen LogP contribution in [0.15, 0.2) is 0 Å². The molecule has 0 rings (SSSR count). The first-order chi connectivity index (χ1) is 24.6. The molecule has 0 aromatic rings. The first-order valence-electron chi connectivity index (χ1n) is 21.8. The molecule has 0 saturated carbocycles. The minimum Gasteiger partial charge on any atom is -0.466 e. The third kappa shape index (κ3) is 37.0. The smallest absolute Gasteiger partial charge is 0.306 e. The Morgan fingerprint density at radius 1 is 0.520 bits per heavy atom. The largest absolute Gasteiger partial charge is 0.466 e. The lowest BCUT2D eigenvalue weighted by Crippen LogP contribution is -2.29. The van der Waals surface area contributed by atoms with E-state index in [4.69, 9.17) is 9.47 Å². The Kier molecular flexibility index (Phi) is 40.3.